The molecule has 0 saturated carbocycles. The molecule has 38 heavy (non-hydrogen) atoms. The monoisotopic (exact) mass is 505 g/mol. The van der Waals surface area contributed by atoms with E-state index in [9.17, 15) is 4.79 Å². The molecule has 5 rings (SSSR count). The summed E-state index contributed by atoms with van der Waals surface area (Å²) in [6.45, 7) is 0.903. The van der Waals surface area contributed by atoms with Crippen LogP contribution in [0.1, 0.15) is 34.6 Å². The molecule has 2 aromatic heterocycles. The number of benzene rings is 3. The van der Waals surface area contributed by atoms with Gasteiger partial charge in [-0.15, -0.1) is 0 Å². The Bertz CT molecular complexity index is 1510. The van der Waals surface area contributed by atoms with Crippen molar-refractivity contribution in [1.29, 1.82) is 0 Å². The number of nitrogens with zero attached hydrogens (tertiary/aromatic N) is 2. The lowest BCUT2D eigenvalue weighted by molar-refractivity contribution is -0.121. The molecule has 0 fully saturated rings. The summed E-state index contributed by atoms with van der Waals surface area (Å²) < 4.78 is 13.9. The average Bonchev–Trinajstić information content (AvgIpc) is 3.31. The van der Waals surface area contributed by atoms with Crippen LogP contribution in [0.5, 0.6) is 11.5 Å². The molecule has 0 aliphatic rings. The van der Waals surface area contributed by atoms with Crippen molar-refractivity contribution in [2.45, 2.75) is 25.5 Å². The van der Waals surface area contributed by atoms with Gasteiger partial charge in [0.2, 0.25) is 5.91 Å². The highest BCUT2D eigenvalue weighted by atomic mass is 16.5. The maximum atomic E-state index is 13.2. The molecule has 1 amide bonds. The van der Waals surface area contributed by atoms with Crippen molar-refractivity contribution in [3.8, 4) is 11.5 Å². The smallest absolute Gasteiger partial charge is 0.221 e. The Balaban J connectivity index is 1.44. The number of fused-ring (bicyclic) bond motifs is 1. The van der Waals surface area contributed by atoms with Crippen molar-refractivity contribution >= 4 is 16.8 Å². The van der Waals surface area contributed by atoms with Crippen LogP contribution in [0.25, 0.3) is 10.9 Å². The summed E-state index contributed by atoms with van der Waals surface area (Å²) in [6, 6.07) is 28.1. The van der Waals surface area contributed by atoms with Crippen molar-refractivity contribution in [3.63, 3.8) is 0 Å². The molecular weight excluding hydrogens is 474 g/mol. The first-order valence-electron chi connectivity index (χ1n) is 12.7. The molecule has 6 heteroatoms. The van der Waals surface area contributed by atoms with Gasteiger partial charge >= 0.3 is 0 Å². The molecule has 0 saturated heterocycles. The maximum Gasteiger partial charge on any atom is 0.221 e. The minimum absolute atomic E-state index is 0.0249. The molecule has 0 bridgehead atoms. The van der Waals surface area contributed by atoms with E-state index in [0.29, 0.717) is 31.1 Å². The van der Waals surface area contributed by atoms with E-state index in [4.69, 9.17) is 9.47 Å². The second kappa shape index (κ2) is 11.6. The van der Waals surface area contributed by atoms with Crippen molar-refractivity contribution in [2.75, 3.05) is 7.11 Å². The van der Waals surface area contributed by atoms with Gasteiger partial charge in [-0.3, -0.25) is 9.78 Å². The van der Waals surface area contributed by atoms with Crippen LogP contribution in [-0.2, 0) is 25.0 Å². The number of rotatable bonds is 10. The predicted octanol–water partition coefficient (Wildman–Crippen LogP) is 6.00. The molecule has 0 aliphatic heterocycles. The first-order valence-corrected chi connectivity index (χ1v) is 12.7. The van der Waals surface area contributed by atoms with Crippen molar-refractivity contribution in [2.24, 2.45) is 7.05 Å². The number of pyridine rings is 1. The van der Waals surface area contributed by atoms with Crippen LogP contribution in [0.3, 0.4) is 0 Å². The molecule has 0 unspecified atom stereocenters. The van der Waals surface area contributed by atoms with Gasteiger partial charge in [0.05, 0.1) is 7.11 Å². The number of methoxy groups -OCH3 is 1. The van der Waals surface area contributed by atoms with E-state index in [2.05, 4.69) is 33.2 Å². The van der Waals surface area contributed by atoms with Crippen LogP contribution in [0.2, 0.25) is 0 Å². The number of hydrogen-bond acceptors (Lipinski definition) is 4. The van der Waals surface area contributed by atoms with E-state index in [1.807, 2.05) is 79.8 Å². The Labute approximate surface area is 222 Å². The number of para-hydroxylation sites is 1. The first kappa shape index (κ1) is 25.1. The molecule has 3 aromatic carbocycles. The third kappa shape index (κ3) is 5.70. The second-order valence-electron chi connectivity index (χ2n) is 9.29. The topological polar surface area (TPSA) is 65.4 Å². The summed E-state index contributed by atoms with van der Waals surface area (Å²) >= 11 is 0. The summed E-state index contributed by atoms with van der Waals surface area (Å²) in [6.07, 6.45) is 5.88. The van der Waals surface area contributed by atoms with Gasteiger partial charge in [0.15, 0.2) is 11.5 Å². The second-order valence-corrected chi connectivity index (χ2v) is 9.29. The Kier molecular flexibility index (Phi) is 7.69. The summed E-state index contributed by atoms with van der Waals surface area (Å²) in [4.78, 5) is 17.3. The lowest BCUT2D eigenvalue weighted by Crippen LogP contribution is -2.25. The summed E-state index contributed by atoms with van der Waals surface area (Å²) in [5, 5.41) is 4.20. The molecule has 2 heterocycles. The van der Waals surface area contributed by atoms with Crippen LogP contribution in [-0.4, -0.2) is 22.6 Å². The standard InChI is InChI=1S/C32H31N3O3/c1-35-21-28(26-10-6-7-11-29(26)35)27(19-32(36)34-20-23-14-16-33-17-15-23)25-12-13-30(31(18-25)37-2)38-22-24-8-4-3-5-9-24/h3-18,21,27H,19-20,22H2,1-2H3,(H,34,36)/t27-/m1/s1. The quantitative estimate of drug-likeness (QED) is 0.253. The van der Waals surface area contributed by atoms with Gasteiger partial charge in [0, 0.05) is 55.4 Å². The van der Waals surface area contributed by atoms with Crippen LogP contribution in [0.4, 0.5) is 0 Å². The number of hydrogen-bond donors (Lipinski definition) is 1. The Morgan fingerprint density at radius 2 is 1.68 bits per heavy atom. The van der Waals surface area contributed by atoms with Crippen LogP contribution >= 0.6 is 0 Å². The van der Waals surface area contributed by atoms with Gasteiger partial charge in [-0.1, -0.05) is 54.6 Å². The van der Waals surface area contributed by atoms with Gasteiger partial charge in [-0.25, -0.2) is 0 Å². The van der Waals surface area contributed by atoms with Gasteiger partial charge in [-0.2, -0.15) is 0 Å². The minimum Gasteiger partial charge on any atom is -0.493 e. The summed E-state index contributed by atoms with van der Waals surface area (Å²) in [5.41, 5.74) is 5.31. The van der Waals surface area contributed by atoms with Gasteiger partial charge in [-0.05, 0) is 52.6 Å². The SMILES string of the molecule is COc1cc([C@@H](CC(=O)NCc2ccncc2)c2cn(C)c3ccccc23)ccc1OCc1ccccc1. The molecule has 0 spiro atoms. The molecule has 5 aromatic rings. The zero-order valence-electron chi connectivity index (χ0n) is 21.6. The zero-order valence-corrected chi connectivity index (χ0v) is 21.6. The van der Waals surface area contributed by atoms with Gasteiger partial charge in [0.1, 0.15) is 6.61 Å². The Morgan fingerprint density at radius 1 is 0.921 bits per heavy atom. The fraction of sp³-hybridized carbons (Fsp3) is 0.188. The normalized spacial score (nSPS) is 11.7. The van der Waals surface area contributed by atoms with E-state index in [1.165, 1.54) is 0 Å². The molecule has 1 atom stereocenters. The largest absolute Gasteiger partial charge is 0.493 e. The molecule has 0 aliphatic carbocycles. The number of carbonyl (C=O) groups is 1. The Morgan fingerprint density at radius 3 is 2.47 bits per heavy atom. The maximum absolute atomic E-state index is 13.2. The lowest BCUT2D eigenvalue weighted by atomic mass is 9.87. The summed E-state index contributed by atoms with van der Waals surface area (Å²) in [5.74, 6) is 1.11. The van der Waals surface area contributed by atoms with E-state index in [0.717, 1.165) is 33.2 Å². The van der Waals surface area contributed by atoms with E-state index in [1.54, 1.807) is 19.5 Å². The van der Waals surface area contributed by atoms with E-state index >= 15 is 0 Å². The van der Waals surface area contributed by atoms with Crippen molar-refractivity contribution < 1.29 is 14.3 Å². The van der Waals surface area contributed by atoms with Crippen LogP contribution < -0.4 is 14.8 Å². The number of carbonyl (C=O) groups excluding carboxylic acids is 1. The Hall–Kier alpha value is -4.58. The fourth-order valence-electron chi connectivity index (χ4n) is 4.77. The molecule has 192 valence electrons. The number of aryl methyl sites for hydroxylation is 1. The molecular formula is C32H31N3O3. The highest BCUT2D eigenvalue weighted by molar-refractivity contribution is 5.86. The highest BCUT2D eigenvalue weighted by Gasteiger charge is 2.23. The molecule has 6 nitrogen and oxygen atoms in total. The number of nitrogens with one attached hydrogen (secondary N) is 1. The van der Waals surface area contributed by atoms with Crippen LogP contribution in [0, 0.1) is 0 Å². The molecule has 1 N–H and O–H groups in total. The van der Waals surface area contributed by atoms with Crippen LogP contribution in [0.15, 0.2) is 104 Å². The third-order valence-electron chi connectivity index (χ3n) is 6.76. The first-order chi connectivity index (χ1) is 18.6. The predicted molar refractivity (Wildman–Crippen MR) is 149 cm³/mol. The van der Waals surface area contributed by atoms with E-state index < -0.39 is 0 Å². The minimum atomic E-state index is -0.171. The highest BCUT2D eigenvalue weighted by Crippen LogP contribution is 2.38. The van der Waals surface area contributed by atoms with E-state index in [-0.39, 0.29) is 11.8 Å². The number of amides is 1. The van der Waals surface area contributed by atoms with Gasteiger partial charge < -0.3 is 19.4 Å². The number of ether oxygens (including phenoxy) is 2. The van der Waals surface area contributed by atoms with Gasteiger partial charge in [0.25, 0.3) is 0 Å². The lowest BCUT2D eigenvalue weighted by Gasteiger charge is -2.19. The average molecular weight is 506 g/mol. The van der Waals surface area contributed by atoms with Crippen molar-refractivity contribution in [1.82, 2.24) is 14.9 Å². The fourth-order valence-corrected chi connectivity index (χ4v) is 4.77. The molecule has 0 radical (unpaired) electrons. The number of aromatic nitrogens is 2. The summed E-state index contributed by atoms with van der Waals surface area (Å²) in [7, 11) is 3.68. The third-order valence-corrected chi connectivity index (χ3v) is 6.76. The van der Waals surface area contributed by atoms with Crippen molar-refractivity contribution in [3.05, 3.63) is 126 Å². The zero-order chi connectivity index (χ0) is 26.3.